The van der Waals surface area contributed by atoms with E-state index in [2.05, 4.69) is 34.9 Å². The van der Waals surface area contributed by atoms with Crippen LogP contribution in [0.5, 0.6) is 5.88 Å². The molecule has 0 aromatic carbocycles. The van der Waals surface area contributed by atoms with Gasteiger partial charge in [0.2, 0.25) is 11.8 Å². The fraction of sp³-hybridized carbons (Fsp3) is 0.759. The van der Waals surface area contributed by atoms with E-state index in [1.165, 1.54) is 0 Å². The molecule has 4 saturated carbocycles. The summed E-state index contributed by atoms with van der Waals surface area (Å²) in [6.07, 6.45) is 11.9. The van der Waals surface area contributed by atoms with Crippen LogP contribution in [0.3, 0.4) is 0 Å². The van der Waals surface area contributed by atoms with Crippen LogP contribution in [0, 0.1) is 29.1 Å². The lowest BCUT2D eigenvalue weighted by Crippen LogP contribution is -2.61. The first-order chi connectivity index (χ1) is 18.0. The molecule has 5 fully saturated rings. The SMILES string of the molecule is CC(C)COc1c(C(=O)NC2C3CC4CC2CC(O)(C4)C3)cnn1C=CC(C)(C)C(=O)NC[C@H]1CCCN1. The lowest BCUT2D eigenvalue weighted by Gasteiger charge is -2.58. The molecule has 38 heavy (non-hydrogen) atoms. The van der Waals surface area contributed by atoms with Gasteiger partial charge in [0.25, 0.3) is 5.91 Å². The van der Waals surface area contributed by atoms with Gasteiger partial charge in [-0.2, -0.15) is 5.10 Å². The number of nitrogens with zero attached hydrogens (tertiary/aromatic N) is 2. The third-order valence-electron chi connectivity index (χ3n) is 8.98. The molecule has 210 valence electrons. The van der Waals surface area contributed by atoms with Crippen LogP contribution < -0.4 is 20.7 Å². The summed E-state index contributed by atoms with van der Waals surface area (Å²) >= 11 is 0. The second-order valence-corrected chi connectivity index (χ2v) is 13.2. The molecule has 9 nitrogen and oxygen atoms in total. The predicted molar refractivity (Wildman–Crippen MR) is 145 cm³/mol. The minimum absolute atomic E-state index is 0.0548. The van der Waals surface area contributed by atoms with Gasteiger partial charge in [0.1, 0.15) is 5.56 Å². The van der Waals surface area contributed by atoms with Crippen molar-refractivity contribution in [1.82, 2.24) is 25.7 Å². The molecule has 1 aliphatic heterocycles. The van der Waals surface area contributed by atoms with Crippen LogP contribution in [-0.4, -0.2) is 64.1 Å². The summed E-state index contributed by atoms with van der Waals surface area (Å²) < 4.78 is 7.65. The topological polar surface area (TPSA) is 118 Å². The van der Waals surface area contributed by atoms with E-state index in [9.17, 15) is 14.7 Å². The molecule has 1 aromatic heterocycles. The second-order valence-electron chi connectivity index (χ2n) is 13.2. The number of carbonyl (C=O) groups is 2. The number of nitrogens with one attached hydrogen (secondary N) is 3. The summed E-state index contributed by atoms with van der Waals surface area (Å²) in [5.74, 6) is 1.65. The minimum Gasteiger partial charge on any atom is -0.477 e. The van der Waals surface area contributed by atoms with Crippen molar-refractivity contribution in [2.45, 2.75) is 90.3 Å². The third kappa shape index (κ3) is 5.78. The third-order valence-corrected chi connectivity index (χ3v) is 8.98. The molecule has 1 saturated heterocycles. The Morgan fingerprint density at radius 2 is 2.03 bits per heavy atom. The van der Waals surface area contributed by atoms with Crippen molar-refractivity contribution < 1.29 is 19.4 Å². The largest absolute Gasteiger partial charge is 0.477 e. The Bertz CT molecular complexity index is 1040. The van der Waals surface area contributed by atoms with E-state index in [0.717, 1.165) is 51.5 Å². The quantitative estimate of drug-likeness (QED) is 0.372. The van der Waals surface area contributed by atoms with Crippen molar-refractivity contribution in [3.63, 3.8) is 0 Å². The van der Waals surface area contributed by atoms with Crippen molar-refractivity contribution in [3.8, 4) is 5.88 Å². The van der Waals surface area contributed by atoms with Gasteiger partial charge in [-0.05, 0) is 89.0 Å². The maximum atomic E-state index is 13.5. The number of ether oxygens (including phenoxy) is 1. The van der Waals surface area contributed by atoms with Gasteiger partial charge in [-0.1, -0.05) is 19.9 Å². The van der Waals surface area contributed by atoms with Crippen molar-refractivity contribution in [1.29, 1.82) is 0 Å². The average Bonchev–Trinajstić information content (AvgIpc) is 3.51. The molecule has 5 aliphatic rings. The molecule has 3 atom stereocenters. The maximum Gasteiger partial charge on any atom is 0.258 e. The molecule has 1 aromatic rings. The molecule has 6 rings (SSSR count). The van der Waals surface area contributed by atoms with Crippen LogP contribution in [0.15, 0.2) is 12.3 Å². The van der Waals surface area contributed by atoms with Crippen molar-refractivity contribution >= 4 is 18.0 Å². The number of amides is 2. The van der Waals surface area contributed by atoms with Gasteiger partial charge in [0, 0.05) is 24.8 Å². The Morgan fingerprint density at radius 3 is 2.66 bits per heavy atom. The molecule has 2 amide bonds. The fourth-order valence-electron chi connectivity index (χ4n) is 7.16. The summed E-state index contributed by atoms with van der Waals surface area (Å²) in [4.78, 5) is 26.4. The molecule has 0 spiro atoms. The van der Waals surface area contributed by atoms with Crippen molar-refractivity contribution in [2.75, 3.05) is 19.7 Å². The monoisotopic (exact) mass is 527 g/mol. The van der Waals surface area contributed by atoms with E-state index in [-0.39, 0.29) is 23.8 Å². The first-order valence-electron chi connectivity index (χ1n) is 14.5. The number of rotatable bonds is 10. The fourth-order valence-corrected chi connectivity index (χ4v) is 7.16. The summed E-state index contributed by atoms with van der Waals surface area (Å²) in [7, 11) is 0. The minimum atomic E-state index is -0.761. The second kappa shape index (κ2) is 10.6. The van der Waals surface area contributed by atoms with Crippen LogP contribution in [0.4, 0.5) is 0 Å². The van der Waals surface area contributed by atoms with Crippen molar-refractivity contribution in [2.24, 2.45) is 29.1 Å². The highest BCUT2D eigenvalue weighted by atomic mass is 16.5. The maximum absolute atomic E-state index is 13.5. The molecule has 4 aliphatic carbocycles. The highest BCUT2D eigenvalue weighted by molar-refractivity contribution is 5.96. The normalized spacial score (nSPS) is 32.3. The number of carbonyl (C=O) groups excluding carboxylic acids is 2. The molecular weight excluding hydrogens is 482 g/mol. The Balaban J connectivity index is 1.28. The van der Waals surface area contributed by atoms with Crippen molar-refractivity contribution in [3.05, 3.63) is 17.8 Å². The molecule has 0 radical (unpaired) electrons. The zero-order valence-corrected chi connectivity index (χ0v) is 23.3. The first kappa shape index (κ1) is 27.2. The van der Waals surface area contributed by atoms with Gasteiger partial charge in [-0.3, -0.25) is 9.59 Å². The van der Waals surface area contributed by atoms with E-state index in [1.807, 2.05) is 13.8 Å². The highest BCUT2D eigenvalue weighted by Gasteiger charge is 2.55. The molecule has 4 N–H and O–H groups in total. The Hall–Kier alpha value is -2.39. The molecule has 2 unspecified atom stereocenters. The van der Waals surface area contributed by atoms with Gasteiger partial charge >= 0.3 is 0 Å². The van der Waals surface area contributed by atoms with Gasteiger partial charge in [0.05, 0.1) is 23.8 Å². The summed E-state index contributed by atoms with van der Waals surface area (Å²) in [6, 6.07) is 0.410. The number of hydrogen-bond acceptors (Lipinski definition) is 6. The van der Waals surface area contributed by atoms with Crippen LogP contribution >= 0.6 is 0 Å². The Labute approximate surface area is 226 Å². The first-order valence-corrected chi connectivity index (χ1v) is 14.5. The number of hydrogen-bond donors (Lipinski definition) is 4. The molecule has 9 heteroatoms. The summed E-state index contributed by atoms with van der Waals surface area (Å²) in [6.45, 7) is 9.92. The van der Waals surface area contributed by atoms with E-state index in [1.54, 1.807) is 23.2 Å². The van der Waals surface area contributed by atoms with Crippen LogP contribution in [-0.2, 0) is 4.79 Å². The van der Waals surface area contributed by atoms with E-state index >= 15 is 0 Å². The van der Waals surface area contributed by atoms with Gasteiger partial charge in [-0.25, -0.2) is 4.68 Å². The summed E-state index contributed by atoms with van der Waals surface area (Å²) in [5, 5.41) is 25.1. The van der Waals surface area contributed by atoms with E-state index in [4.69, 9.17) is 4.74 Å². The van der Waals surface area contributed by atoms with Gasteiger partial charge in [0.15, 0.2) is 0 Å². The Kier molecular flexibility index (Phi) is 7.61. The summed E-state index contributed by atoms with van der Waals surface area (Å²) in [5.41, 5.74) is -0.897. The van der Waals surface area contributed by atoms with Crippen LogP contribution in [0.25, 0.3) is 6.20 Å². The zero-order valence-electron chi connectivity index (χ0n) is 23.3. The van der Waals surface area contributed by atoms with Crippen LogP contribution in [0.1, 0.15) is 83.0 Å². The standard InChI is InChI=1S/C29H45N5O4/c1-18(2)17-38-26-23(25(35)33-24-20-10-19-11-21(24)14-29(37,12-19)13-20)16-32-34(26)9-7-28(3,4)27(36)31-15-22-6-5-8-30-22/h7,9,16,18-22,24,30,37H,5-6,8,10-15,17H2,1-4H3,(H,31,36)(H,33,35)/t19?,20?,21?,22-,24?,29?/m1/s1. The van der Waals surface area contributed by atoms with Gasteiger partial charge < -0.3 is 25.8 Å². The average molecular weight is 528 g/mol. The Morgan fingerprint density at radius 1 is 1.29 bits per heavy atom. The zero-order chi connectivity index (χ0) is 27.1. The van der Waals surface area contributed by atoms with Crippen LogP contribution in [0.2, 0.25) is 0 Å². The van der Waals surface area contributed by atoms with E-state index < -0.39 is 11.0 Å². The highest BCUT2D eigenvalue weighted by Crippen LogP contribution is 2.55. The predicted octanol–water partition coefficient (Wildman–Crippen LogP) is 2.95. The molecular formula is C29H45N5O4. The molecule has 2 heterocycles. The van der Waals surface area contributed by atoms with Gasteiger partial charge in [-0.15, -0.1) is 0 Å². The number of aromatic nitrogens is 2. The lowest BCUT2D eigenvalue weighted by molar-refractivity contribution is -0.137. The smallest absolute Gasteiger partial charge is 0.258 e. The lowest BCUT2D eigenvalue weighted by atomic mass is 9.52. The van der Waals surface area contributed by atoms with E-state index in [0.29, 0.717) is 48.4 Å². The molecule has 4 bridgehead atoms. The number of aliphatic hydroxyl groups is 1.